The number of nitrogens with one attached hydrogen (secondary N) is 1. The lowest BCUT2D eigenvalue weighted by Gasteiger charge is -2.26. The highest BCUT2D eigenvalue weighted by molar-refractivity contribution is 5.96. The minimum absolute atomic E-state index is 0.134. The number of esters is 1. The van der Waals surface area contributed by atoms with Gasteiger partial charge in [0.1, 0.15) is 31.5 Å². The van der Waals surface area contributed by atoms with Gasteiger partial charge in [0.25, 0.3) is 11.6 Å². The average molecular weight is 430 g/mol. The maximum Gasteiger partial charge on any atom is 0.345 e. The summed E-state index contributed by atoms with van der Waals surface area (Å²) in [6.45, 7) is 0.262. The molecule has 2 aromatic rings. The van der Waals surface area contributed by atoms with Crippen molar-refractivity contribution in [3.63, 3.8) is 0 Å². The molecule has 0 spiro atoms. The molecule has 1 N–H and O–H groups in total. The predicted octanol–water partition coefficient (Wildman–Crippen LogP) is 1.48. The van der Waals surface area contributed by atoms with Crippen LogP contribution in [0.4, 0.5) is 5.69 Å². The molecule has 0 fully saturated rings. The number of hydrogen-bond acceptors (Lipinski definition) is 9. The number of carbonyl (C=O) groups excluding carboxylic acids is 2. The van der Waals surface area contributed by atoms with Gasteiger partial charge in [-0.25, -0.2) is 4.79 Å². The van der Waals surface area contributed by atoms with Crippen molar-refractivity contribution >= 4 is 17.6 Å². The van der Waals surface area contributed by atoms with Gasteiger partial charge in [0, 0.05) is 6.07 Å². The third-order valence-corrected chi connectivity index (χ3v) is 4.51. The Kier molecular flexibility index (Phi) is 5.74. The van der Waals surface area contributed by atoms with Crippen LogP contribution in [0.5, 0.6) is 23.0 Å². The summed E-state index contributed by atoms with van der Waals surface area (Å²) in [6.07, 6.45) is -0.409. The van der Waals surface area contributed by atoms with Gasteiger partial charge in [0.05, 0.1) is 17.5 Å². The second-order valence-electron chi connectivity index (χ2n) is 6.65. The zero-order valence-electron chi connectivity index (χ0n) is 16.2. The Hall–Kier alpha value is -4.02. The van der Waals surface area contributed by atoms with Crippen LogP contribution < -0.4 is 24.3 Å². The molecule has 162 valence electrons. The molecule has 2 aliphatic heterocycles. The van der Waals surface area contributed by atoms with Crippen LogP contribution in [0.3, 0.4) is 0 Å². The molecule has 1 atom stereocenters. The largest absolute Gasteiger partial charge is 0.486 e. The standard InChI is InChI=1S/C20H18N2O9/c23-19(21-9-12-10-29-15-3-1-2-4-16(15)31-12)11-30-20(24)13-7-17-18(28-6-5-27-17)8-14(13)22(25)26/h1-4,7-8,12H,5-6,9-11H2,(H,21,23)/t12-/m1/s1. The Balaban J connectivity index is 1.32. The lowest BCUT2D eigenvalue weighted by Crippen LogP contribution is -2.42. The summed E-state index contributed by atoms with van der Waals surface area (Å²) in [4.78, 5) is 35.0. The molecule has 11 heteroatoms. The van der Waals surface area contributed by atoms with Gasteiger partial charge in [0.2, 0.25) is 0 Å². The van der Waals surface area contributed by atoms with Crippen LogP contribution in [-0.2, 0) is 9.53 Å². The van der Waals surface area contributed by atoms with Gasteiger partial charge in [0.15, 0.2) is 29.6 Å². The molecular formula is C20H18N2O9. The van der Waals surface area contributed by atoms with Crippen molar-refractivity contribution in [1.82, 2.24) is 5.32 Å². The minimum Gasteiger partial charge on any atom is -0.486 e. The number of amides is 1. The molecule has 2 aromatic carbocycles. The number of fused-ring (bicyclic) bond motifs is 2. The van der Waals surface area contributed by atoms with Gasteiger partial charge >= 0.3 is 5.97 Å². The first-order valence-electron chi connectivity index (χ1n) is 9.41. The van der Waals surface area contributed by atoms with E-state index in [-0.39, 0.29) is 43.4 Å². The smallest absolute Gasteiger partial charge is 0.345 e. The van der Waals surface area contributed by atoms with E-state index < -0.39 is 35.2 Å². The van der Waals surface area contributed by atoms with Gasteiger partial charge in [-0.1, -0.05) is 12.1 Å². The molecule has 1 amide bonds. The van der Waals surface area contributed by atoms with Crippen LogP contribution in [0, 0.1) is 10.1 Å². The molecule has 0 aromatic heterocycles. The zero-order valence-corrected chi connectivity index (χ0v) is 16.2. The molecular weight excluding hydrogens is 412 g/mol. The molecule has 0 radical (unpaired) electrons. The summed E-state index contributed by atoms with van der Waals surface area (Å²) >= 11 is 0. The van der Waals surface area contributed by atoms with Crippen molar-refractivity contribution < 1.29 is 38.2 Å². The maximum atomic E-state index is 12.4. The summed E-state index contributed by atoms with van der Waals surface area (Å²) in [5.41, 5.74) is -0.830. The van der Waals surface area contributed by atoms with E-state index in [2.05, 4.69) is 5.32 Å². The molecule has 0 aliphatic carbocycles. The van der Waals surface area contributed by atoms with Gasteiger partial charge in [-0.2, -0.15) is 0 Å². The molecule has 0 saturated carbocycles. The van der Waals surface area contributed by atoms with E-state index in [9.17, 15) is 19.7 Å². The summed E-state index contributed by atoms with van der Waals surface area (Å²) in [5, 5.41) is 13.9. The Morgan fingerprint density at radius 3 is 2.52 bits per heavy atom. The fraction of sp³-hybridized carbons (Fsp3) is 0.300. The van der Waals surface area contributed by atoms with Crippen molar-refractivity contribution in [2.24, 2.45) is 0 Å². The Morgan fingerprint density at radius 2 is 1.77 bits per heavy atom. The summed E-state index contributed by atoms with van der Waals surface area (Å²) in [7, 11) is 0. The second kappa shape index (κ2) is 8.78. The number of nitro groups is 1. The first-order chi connectivity index (χ1) is 15.0. The fourth-order valence-corrected chi connectivity index (χ4v) is 3.04. The van der Waals surface area contributed by atoms with Crippen molar-refractivity contribution in [3.8, 4) is 23.0 Å². The van der Waals surface area contributed by atoms with Gasteiger partial charge < -0.3 is 29.0 Å². The summed E-state index contributed by atoms with van der Waals surface area (Å²) in [6, 6.07) is 9.44. The normalized spacial score (nSPS) is 16.2. The van der Waals surface area contributed by atoms with Crippen LogP contribution in [0.2, 0.25) is 0 Å². The van der Waals surface area contributed by atoms with E-state index >= 15 is 0 Å². The average Bonchev–Trinajstić information content (AvgIpc) is 2.80. The van der Waals surface area contributed by atoms with E-state index in [1.54, 1.807) is 18.2 Å². The van der Waals surface area contributed by atoms with Crippen LogP contribution in [0.15, 0.2) is 36.4 Å². The monoisotopic (exact) mass is 430 g/mol. The number of carbonyl (C=O) groups is 2. The van der Waals surface area contributed by atoms with Gasteiger partial charge in [-0.15, -0.1) is 0 Å². The van der Waals surface area contributed by atoms with E-state index in [0.29, 0.717) is 11.5 Å². The number of hydrogen-bond donors (Lipinski definition) is 1. The van der Waals surface area contributed by atoms with Crippen molar-refractivity contribution in [2.45, 2.75) is 6.10 Å². The molecule has 11 nitrogen and oxygen atoms in total. The van der Waals surface area contributed by atoms with Crippen LogP contribution >= 0.6 is 0 Å². The molecule has 4 rings (SSSR count). The minimum atomic E-state index is -1.02. The first kappa shape index (κ1) is 20.3. The summed E-state index contributed by atoms with van der Waals surface area (Å²) < 4.78 is 26.9. The Labute approximate surface area is 175 Å². The summed E-state index contributed by atoms with van der Waals surface area (Å²) in [5.74, 6) is -0.0436. The highest BCUT2D eigenvalue weighted by atomic mass is 16.6. The third-order valence-electron chi connectivity index (χ3n) is 4.51. The first-order valence-corrected chi connectivity index (χ1v) is 9.41. The van der Waals surface area contributed by atoms with Crippen LogP contribution in [0.25, 0.3) is 0 Å². The van der Waals surface area contributed by atoms with Crippen LogP contribution in [0.1, 0.15) is 10.4 Å². The predicted molar refractivity (Wildman–Crippen MR) is 104 cm³/mol. The van der Waals surface area contributed by atoms with Gasteiger partial charge in [-0.05, 0) is 12.1 Å². The SMILES string of the molecule is O=C(COC(=O)c1cc2c(cc1[N+](=O)[O-])OCCO2)NC[C@@H]1COc2ccccc2O1. The van der Waals surface area contributed by atoms with Gasteiger partial charge in [-0.3, -0.25) is 14.9 Å². The third kappa shape index (κ3) is 4.60. The topological polar surface area (TPSA) is 135 Å². The maximum absolute atomic E-state index is 12.4. The lowest BCUT2D eigenvalue weighted by atomic mass is 10.1. The van der Waals surface area contributed by atoms with Crippen molar-refractivity contribution in [1.29, 1.82) is 0 Å². The number of ether oxygens (including phenoxy) is 5. The number of benzene rings is 2. The molecule has 0 saturated heterocycles. The number of rotatable bonds is 6. The van der Waals surface area contributed by atoms with Crippen molar-refractivity contribution in [2.75, 3.05) is 33.0 Å². The molecule has 2 heterocycles. The van der Waals surface area contributed by atoms with Crippen LogP contribution in [-0.4, -0.2) is 55.9 Å². The highest BCUT2D eigenvalue weighted by Gasteiger charge is 2.28. The fourth-order valence-electron chi connectivity index (χ4n) is 3.04. The van der Waals surface area contributed by atoms with E-state index in [1.165, 1.54) is 6.07 Å². The molecule has 31 heavy (non-hydrogen) atoms. The second-order valence-corrected chi connectivity index (χ2v) is 6.65. The molecule has 0 bridgehead atoms. The Morgan fingerprint density at radius 1 is 1.06 bits per heavy atom. The molecule has 0 unspecified atom stereocenters. The lowest BCUT2D eigenvalue weighted by molar-refractivity contribution is -0.385. The van der Waals surface area contributed by atoms with E-state index in [1.807, 2.05) is 6.07 Å². The number of para-hydroxylation sites is 2. The van der Waals surface area contributed by atoms with E-state index in [0.717, 1.165) is 6.07 Å². The van der Waals surface area contributed by atoms with Crippen molar-refractivity contribution in [3.05, 3.63) is 52.1 Å². The zero-order chi connectivity index (χ0) is 21.8. The Bertz CT molecular complexity index is 1020. The number of nitro benzene ring substituents is 1. The quantitative estimate of drug-likeness (QED) is 0.410. The molecule has 2 aliphatic rings. The highest BCUT2D eigenvalue weighted by Crippen LogP contribution is 2.37. The number of nitrogens with zero attached hydrogens (tertiary/aromatic N) is 1. The van der Waals surface area contributed by atoms with E-state index in [4.69, 9.17) is 23.7 Å².